The van der Waals surface area contributed by atoms with Crippen LogP contribution in [0.5, 0.6) is 0 Å². The lowest BCUT2D eigenvalue weighted by molar-refractivity contribution is -0.140. The summed E-state index contributed by atoms with van der Waals surface area (Å²) >= 11 is 3.51. The molecule has 0 spiro atoms. The third kappa shape index (κ3) is 3.55. The van der Waals surface area contributed by atoms with E-state index in [2.05, 4.69) is 61.1 Å². The zero-order valence-electron chi connectivity index (χ0n) is 16.7. The molecule has 0 amide bonds. The predicted octanol–water partition coefficient (Wildman–Crippen LogP) is 4.88. The molecule has 4 heteroatoms. The summed E-state index contributed by atoms with van der Waals surface area (Å²) in [7, 11) is 0. The zero-order valence-corrected chi connectivity index (χ0v) is 18.3. The number of hydrogen-bond donors (Lipinski definition) is 1. The third-order valence-corrected chi connectivity index (χ3v) is 7.45. The minimum Gasteiger partial charge on any atom is -0.310 e. The molecule has 1 heterocycles. The van der Waals surface area contributed by atoms with Crippen LogP contribution in [0.1, 0.15) is 64.9 Å². The molecular weight excluding hydrogens is 402 g/mol. The Balaban J connectivity index is 1.79. The van der Waals surface area contributed by atoms with Gasteiger partial charge in [-0.15, -0.1) is 0 Å². The molecule has 4 atom stereocenters. The van der Waals surface area contributed by atoms with Gasteiger partial charge in [-0.3, -0.25) is 9.59 Å². The molecule has 2 aliphatic carbocycles. The molecular formula is C23H30BrNO2. The van der Waals surface area contributed by atoms with E-state index in [4.69, 9.17) is 0 Å². The van der Waals surface area contributed by atoms with Crippen LogP contribution in [0.25, 0.3) is 0 Å². The van der Waals surface area contributed by atoms with Gasteiger partial charge >= 0.3 is 0 Å². The highest BCUT2D eigenvalue weighted by molar-refractivity contribution is 9.10. The average Bonchev–Trinajstić information content (AvgIpc) is 2.51. The van der Waals surface area contributed by atoms with Gasteiger partial charge in [0.25, 0.3) is 0 Å². The number of halogens is 1. The number of benzene rings is 1. The highest BCUT2D eigenvalue weighted by atomic mass is 79.9. The topological polar surface area (TPSA) is 46.2 Å². The molecule has 1 aliphatic heterocycles. The minimum absolute atomic E-state index is 0.00144. The van der Waals surface area contributed by atoms with Gasteiger partial charge in [0.15, 0.2) is 0 Å². The van der Waals surface area contributed by atoms with Gasteiger partial charge in [0.2, 0.25) is 0 Å². The molecule has 0 aromatic heterocycles. The van der Waals surface area contributed by atoms with Gasteiger partial charge in [-0.2, -0.15) is 0 Å². The average molecular weight is 432 g/mol. The van der Waals surface area contributed by atoms with Crippen LogP contribution in [0, 0.1) is 22.7 Å². The summed E-state index contributed by atoms with van der Waals surface area (Å²) in [4.78, 5) is 26.5. The molecule has 2 saturated carbocycles. The van der Waals surface area contributed by atoms with Crippen molar-refractivity contribution in [1.29, 1.82) is 0 Å². The molecule has 1 saturated heterocycles. The van der Waals surface area contributed by atoms with Crippen molar-refractivity contribution in [3.05, 3.63) is 34.3 Å². The van der Waals surface area contributed by atoms with E-state index in [1.165, 1.54) is 0 Å². The molecule has 4 rings (SSSR count). The first-order chi connectivity index (χ1) is 12.6. The zero-order chi connectivity index (χ0) is 19.6. The Bertz CT molecular complexity index is 725. The Hall–Kier alpha value is -1.000. The van der Waals surface area contributed by atoms with Crippen molar-refractivity contribution in [2.45, 2.75) is 71.4 Å². The molecule has 1 N–H and O–H groups in total. The van der Waals surface area contributed by atoms with Gasteiger partial charge in [-0.05, 0) is 41.4 Å². The number of fused-ring (bicyclic) bond motifs is 2. The van der Waals surface area contributed by atoms with E-state index in [9.17, 15) is 9.59 Å². The highest BCUT2D eigenvalue weighted by Gasteiger charge is 2.56. The number of ketones is 2. The smallest absolute Gasteiger partial charge is 0.138 e. The van der Waals surface area contributed by atoms with Crippen LogP contribution in [-0.4, -0.2) is 23.7 Å². The number of hydrogen-bond acceptors (Lipinski definition) is 3. The van der Waals surface area contributed by atoms with Crippen molar-refractivity contribution in [3.63, 3.8) is 0 Å². The largest absolute Gasteiger partial charge is 0.310 e. The molecule has 0 radical (unpaired) electrons. The van der Waals surface area contributed by atoms with Gasteiger partial charge in [0.05, 0.1) is 0 Å². The van der Waals surface area contributed by atoms with Crippen molar-refractivity contribution in [1.82, 2.24) is 5.32 Å². The fourth-order valence-corrected chi connectivity index (χ4v) is 6.31. The number of carbonyl (C=O) groups excluding carboxylic acids is 2. The standard InChI is InChI=1S/C23H30BrNO2/c1-22(2)9-15-20(17(26)11-22)19(13-5-7-14(24)8-6-13)21-16(25-15)10-23(3,4)12-18(21)27/h5-8,15-16,19-21,25H,9-12H2,1-4H3. The second-order valence-electron chi connectivity index (χ2n) is 10.5. The van der Waals surface area contributed by atoms with Gasteiger partial charge in [-0.1, -0.05) is 55.8 Å². The summed E-state index contributed by atoms with van der Waals surface area (Å²) in [5.74, 6) is 0.471. The molecule has 1 aromatic carbocycles. The summed E-state index contributed by atoms with van der Waals surface area (Å²) in [5.41, 5.74) is 1.19. The van der Waals surface area contributed by atoms with E-state index >= 15 is 0 Å². The van der Waals surface area contributed by atoms with Gasteiger partial charge < -0.3 is 5.32 Å². The quantitative estimate of drug-likeness (QED) is 0.688. The summed E-state index contributed by atoms with van der Waals surface area (Å²) in [6.45, 7) is 8.78. The van der Waals surface area contributed by atoms with E-state index in [0.29, 0.717) is 24.4 Å². The maximum Gasteiger partial charge on any atom is 0.138 e. The molecule has 146 valence electrons. The number of carbonyl (C=O) groups is 2. The highest BCUT2D eigenvalue weighted by Crippen LogP contribution is 2.52. The fourth-order valence-electron chi connectivity index (χ4n) is 6.04. The number of nitrogens with one attached hydrogen (secondary N) is 1. The van der Waals surface area contributed by atoms with Crippen molar-refractivity contribution in [2.75, 3.05) is 0 Å². The van der Waals surface area contributed by atoms with Gasteiger partial charge in [0.1, 0.15) is 11.6 Å². The predicted molar refractivity (Wildman–Crippen MR) is 111 cm³/mol. The van der Waals surface area contributed by atoms with E-state index in [1.807, 2.05) is 12.1 Å². The Morgan fingerprint density at radius 2 is 1.26 bits per heavy atom. The van der Waals surface area contributed by atoms with E-state index in [1.54, 1.807) is 0 Å². The van der Waals surface area contributed by atoms with Crippen LogP contribution in [0.3, 0.4) is 0 Å². The van der Waals surface area contributed by atoms with Gasteiger partial charge in [0, 0.05) is 47.2 Å². The second kappa shape index (κ2) is 6.52. The maximum atomic E-state index is 13.2. The lowest BCUT2D eigenvalue weighted by Gasteiger charge is -2.55. The van der Waals surface area contributed by atoms with Crippen LogP contribution >= 0.6 is 15.9 Å². The minimum atomic E-state index is -0.0920. The monoisotopic (exact) mass is 431 g/mol. The summed E-state index contributed by atoms with van der Waals surface area (Å²) < 4.78 is 1.03. The first-order valence-electron chi connectivity index (χ1n) is 10.1. The summed E-state index contributed by atoms with van der Waals surface area (Å²) in [6.07, 6.45) is 3.21. The maximum absolute atomic E-state index is 13.2. The molecule has 3 nitrogen and oxygen atoms in total. The lowest BCUT2D eigenvalue weighted by Crippen LogP contribution is -2.65. The van der Waals surface area contributed by atoms with Crippen LogP contribution in [0.15, 0.2) is 28.7 Å². The molecule has 4 unspecified atom stereocenters. The van der Waals surface area contributed by atoms with Crippen LogP contribution in [0.2, 0.25) is 0 Å². The number of piperidine rings is 1. The lowest BCUT2D eigenvalue weighted by atomic mass is 9.54. The molecule has 3 aliphatic rings. The second-order valence-corrected chi connectivity index (χ2v) is 11.4. The van der Waals surface area contributed by atoms with E-state index in [-0.39, 0.29) is 40.7 Å². The summed E-state index contributed by atoms with van der Waals surface area (Å²) in [5, 5.41) is 3.79. The molecule has 27 heavy (non-hydrogen) atoms. The first-order valence-corrected chi connectivity index (χ1v) is 10.9. The Morgan fingerprint density at radius 3 is 1.70 bits per heavy atom. The van der Waals surface area contributed by atoms with Crippen molar-refractivity contribution >= 4 is 27.5 Å². The summed E-state index contributed by atoms with van der Waals surface area (Å²) in [6, 6.07) is 8.62. The van der Waals surface area contributed by atoms with Crippen LogP contribution < -0.4 is 5.32 Å². The van der Waals surface area contributed by atoms with Crippen molar-refractivity contribution in [3.8, 4) is 0 Å². The molecule has 3 fully saturated rings. The van der Waals surface area contributed by atoms with Crippen molar-refractivity contribution in [2.24, 2.45) is 22.7 Å². The first kappa shape index (κ1) is 19.3. The van der Waals surface area contributed by atoms with Gasteiger partial charge in [-0.25, -0.2) is 0 Å². The Labute approximate surface area is 170 Å². The Morgan fingerprint density at radius 1 is 0.815 bits per heavy atom. The molecule has 1 aromatic rings. The van der Waals surface area contributed by atoms with Crippen LogP contribution in [0.4, 0.5) is 0 Å². The number of rotatable bonds is 1. The number of Topliss-reactive ketones (excluding diaryl/α,β-unsaturated/α-hetero) is 2. The van der Waals surface area contributed by atoms with E-state index < -0.39 is 0 Å². The van der Waals surface area contributed by atoms with Crippen LogP contribution in [-0.2, 0) is 9.59 Å². The normalized spacial score (nSPS) is 37.4. The van der Waals surface area contributed by atoms with Crippen molar-refractivity contribution < 1.29 is 9.59 Å². The Kier molecular flexibility index (Phi) is 4.67. The fraction of sp³-hybridized carbons (Fsp3) is 0.652. The SMILES string of the molecule is CC1(C)CC(=O)C2C(C1)NC1CC(C)(C)CC(=O)C1C2c1ccc(Br)cc1. The molecule has 0 bridgehead atoms. The third-order valence-electron chi connectivity index (χ3n) is 6.92. The van der Waals surface area contributed by atoms with E-state index in [0.717, 1.165) is 22.9 Å².